The molecule has 2 aromatic rings. The lowest BCUT2D eigenvalue weighted by Gasteiger charge is -2.35. The molecule has 0 bridgehead atoms. The van der Waals surface area contributed by atoms with Gasteiger partial charge in [0, 0.05) is 31.2 Å². The van der Waals surface area contributed by atoms with Crippen LogP contribution in [0.4, 0.5) is 0 Å². The summed E-state index contributed by atoms with van der Waals surface area (Å²) in [5.74, 6) is 0.202. The van der Waals surface area contributed by atoms with Crippen molar-refractivity contribution in [3.8, 4) is 0 Å². The van der Waals surface area contributed by atoms with Crippen molar-refractivity contribution in [1.29, 1.82) is 0 Å². The van der Waals surface area contributed by atoms with Gasteiger partial charge in [0.1, 0.15) is 0 Å². The number of likely N-dealkylation sites (tertiary alicyclic amines) is 1. The molecule has 1 N–H and O–H groups in total. The first-order valence-corrected chi connectivity index (χ1v) is 9.65. The van der Waals surface area contributed by atoms with Gasteiger partial charge in [0.2, 0.25) is 5.91 Å². The van der Waals surface area contributed by atoms with Crippen LogP contribution < -0.4 is 5.32 Å². The molecule has 3 heterocycles. The minimum absolute atomic E-state index is 0.151. The van der Waals surface area contributed by atoms with E-state index in [-0.39, 0.29) is 11.4 Å². The number of nitrogens with one attached hydrogen (secondary N) is 1. The second-order valence-electron chi connectivity index (χ2n) is 7.91. The lowest BCUT2D eigenvalue weighted by molar-refractivity contribution is -0.122. The van der Waals surface area contributed by atoms with E-state index in [2.05, 4.69) is 64.6 Å². The Morgan fingerprint density at radius 2 is 2.00 bits per heavy atom. The van der Waals surface area contributed by atoms with E-state index in [1.54, 1.807) is 0 Å². The van der Waals surface area contributed by atoms with Gasteiger partial charge in [-0.2, -0.15) is 0 Å². The standard InChI is InChI=1S/C22H27N3O/c1-22-15-19(14-17-8-3-2-4-9-17)25(16-18-10-5-6-13-23-18)20(22)11-7-12-21(26)24-22/h2-6,8-10,13,19-20H,7,11-12,14-16H2,1H3,(H,24,26)/t19-,20+,22+/m1/s1. The molecule has 0 saturated carbocycles. The zero-order valence-corrected chi connectivity index (χ0v) is 15.4. The molecule has 1 aromatic carbocycles. The third kappa shape index (κ3) is 3.51. The zero-order valence-electron chi connectivity index (χ0n) is 15.4. The van der Waals surface area contributed by atoms with E-state index < -0.39 is 0 Å². The van der Waals surface area contributed by atoms with Crippen molar-refractivity contribution in [1.82, 2.24) is 15.2 Å². The monoisotopic (exact) mass is 349 g/mol. The molecule has 2 fully saturated rings. The van der Waals surface area contributed by atoms with Crippen LogP contribution in [0.2, 0.25) is 0 Å². The van der Waals surface area contributed by atoms with Crippen LogP contribution >= 0.6 is 0 Å². The molecule has 0 spiro atoms. The summed E-state index contributed by atoms with van der Waals surface area (Å²) in [6.07, 6.45) is 6.54. The van der Waals surface area contributed by atoms with E-state index >= 15 is 0 Å². The molecule has 4 nitrogen and oxygen atoms in total. The van der Waals surface area contributed by atoms with Gasteiger partial charge in [0.05, 0.1) is 11.2 Å². The summed E-state index contributed by atoms with van der Waals surface area (Å²) < 4.78 is 0. The van der Waals surface area contributed by atoms with Crippen LogP contribution in [-0.4, -0.2) is 33.4 Å². The summed E-state index contributed by atoms with van der Waals surface area (Å²) in [5.41, 5.74) is 2.31. The number of hydrogen-bond donors (Lipinski definition) is 1. The van der Waals surface area contributed by atoms with Crippen molar-refractivity contribution in [2.75, 3.05) is 0 Å². The SMILES string of the molecule is C[C@]12C[C@@H](Cc3ccccc3)N(Cc3ccccn3)[C@H]1CCCC(=O)N2. The highest BCUT2D eigenvalue weighted by Gasteiger charge is 2.50. The lowest BCUT2D eigenvalue weighted by atomic mass is 9.89. The Morgan fingerprint density at radius 3 is 2.77 bits per heavy atom. The van der Waals surface area contributed by atoms with E-state index in [4.69, 9.17) is 0 Å². The molecular weight excluding hydrogens is 322 g/mol. The molecule has 1 aromatic heterocycles. The van der Waals surface area contributed by atoms with Crippen molar-refractivity contribution in [3.05, 3.63) is 66.0 Å². The maximum absolute atomic E-state index is 12.2. The first kappa shape index (κ1) is 17.2. The Balaban J connectivity index is 1.63. The number of amides is 1. The summed E-state index contributed by atoms with van der Waals surface area (Å²) in [6, 6.07) is 17.6. The Hall–Kier alpha value is -2.20. The molecule has 136 valence electrons. The van der Waals surface area contributed by atoms with Gasteiger partial charge in [-0.05, 0) is 50.3 Å². The Kier molecular flexibility index (Phi) is 4.77. The second kappa shape index (κ2) is 7.20. The maximum Gasteiger partial charge on any atom is 0.220 e. The maximum atomic E-state index is 12.2. The van der Waals surface area contributed by atoms with Crippen LogP contribution in [0.5, 0.6) is 0 Å². The normalized spacial score (nSPS) is 29.0. The van der Waals surface area contributed by atoms with Crippen LogP contribution in [0.1, 0.15) is 43.9 Å². The third-order valence-electron chi connectivity index (χ3n) is 5.96. The first-order chi connectivity index (χ1) is 12.6. The number of nitrogens with zero attached hydrogens (tertiary/aromatic N) is 2. The number of rotatable bonds is 4. The second-order valence-corrected chi connectivity index (χ2v) is 7.91. The first-order valence-electron chi connectivity index (χ1n) is 9.65. The van der Waals surface area contributed by atoms with Gasteiger partial charge in [-0.25, -0.2) is 0 Å². The average Bonchev–Trinajstić information content (AvgIpc) is 2.78. The summed E-state index contributed by atoms with van der Waals surface area (Å²) in [5, 5.41) is 3.35. The number of aromatic nitrogens is 1. The number of pyridine rings is 1. The van der Waals surface area contributed by atoms with Crippen molar-refractivity contribution in [3.63, 3.8) is 0 Å². The predicted molar refractivity (Wildman–Crippen MR) is 103 cm³/mol. The molecule has 2 aliphatic rings. The quantitative estimate of drug-likeness (QED) is 0.921. The van der Waals surface area contributed by atoms with Gasteiger partial charge in [0.15, 0.2) is 0 Å². The fourth-order valence-corrected chi connectivity index (χ4v) is 4.81. The largest absolute Gasteiger partial charge is 0.349 e. The molecular formula is C22H27N3O. The fourth-order valence-electron chi connectivity index (χ4n) is 4.81. The van der Waals surface area contributed by atoms with E-state index in [1.807, 2.05) is 12.3 Å². The summed E-state index contributed by atoms with van der Waals surface area (Å²) in [7, 11) is 0. The summed E-state index contributed by atoms with van der Waals surface area (Å²) in [4.78, 5) is 19.4. The molecule has 2 aliphatic heterocycles. The van der Waals surface area contributed by atoms with Crippen LogP contribution in [-0.2, 0) is 17.8 Å². The highest BCUT2D eigenvalue weighted by molar-refractivity contribution is 5.77. The highest BCUT2D eigenvalue weighted by Crippen LogP contribution is 2.40. The van der Waals surface area contributed by atoms with Crippen molar-refractivity contribution >= 4 is 5.91 Å². The molecule has 2 saturated heterocycles. The van der Waals surface area contributed by atoms with Crippen LogP contribution in [0, 0.1) is 0 Å². The molecule has 0 unspecified atom stereocenters. The molecule has 4 heteroatoms. The lowest BCUT2D eigenvalue weighted by Crippen LogP contribution is -2.52. The van der Waals surface area contributed by atoms with Gasteiger partial charge in [-0.3, -0.25) is 14.7 Å². The molecule has 0 aliphatic carbocycles. The number of fused-ring (bicyclic) bond motifs is 1. The van der Waals surface area contributed by atoms with Crippen molar-refractivity contribution in [2.45, 2.75) is 63.2 Å². The summed E-state index contributed by atoms with van der Waals surface area (Å²) in [6.45, 7) is 3.08. The number of hydrogen-bond acceptors (Lipinski definition) is 3. The van der Waals surface area contributed by atoms with Gasteiger partial charge in [-0.15, -0.1) is 0 Å². The molecule has 1 amide bonds. The van der Waals surface area contributed by atoms with Crippen LogP contribution in [0.15, 0.2) is 54.7 Å². The average molecular weight is 349 g/mol. The topological polar surface area (TPSA) is 45.2 Å². The van der Waals surface area contributed by atoms with Gasteiger partial charge in [-0.1, -0.05) is 36.4 Å². The van der Waals surface area contributed by atoms with Gasteiger partial charge < -0.3 is 5.32 Å². The number of carbonyl (C=O) groups excluding carboxylic acids is 1. The smallest absolute Gasteiger partial charge is 0.220 e. The minimum Gasteiger partial charge on any atom is -0.349 e. The third-order valence-corrected chi connectivity index (χ3v) is 5.96. The molecule has 3 atom stereocenters. The Labute approximate surface area is 155 Å². The fraction of sp³-hybridized carbons (Fsp3) is 0.455. The van der Waals surface area contributed by atoms with Crippen LogP contribution in [0.3, 0.4) is 0 Å². The van der Waals surface area contributed by atoms with E-state index in [0.29, 0.717) is 18.5 Å². The van der Waals surface area contributed by atoms with Gasteiger partial charge >= 0.3 is 0 Å². The number of benzene rings is 1. The molecule has 4 rings (SSSR count). The molecule has 0 radical (unpaired) electrons. The van der Waals surface area contributed by atoms with E-state index in [0.717, 1.165) is 37.9 Å². The van der Waals surface area contributed by atoms with Crippen LogP contribution in [0.25, 0.3) is 0 Å². The zero-order chi connectivity index (χ0) is 18.0. The van der Waals surface area contributed by atoms with E-state index in [9.17, 15) is 4.79 Å². The van der Waals surface area contributed by atoms with Crippen molar-refractivity contribution < 1.29 is 4.79 Å². The van der Waals surface area contributed by atoms with Gasteiger partial charge in [0.25, 0.3) is 0 Å². The molecule has 26 heavy (non-hydrogen) atoms. The van der Waals surface area contributed by atoms with Crippen molar-refractivity contribution in [2.24, 2.45) is 0 Å². The van der Waals surface area contributed by atoms with E-state index in [1.165, 1.54) is 5.56 Å². The predicted octanol–water partition coefficient (Wildman–Crippen LogP) is 3.33. The minimum atomic E-state index is -0.151. The summed E-state index contributed by atoms with van der Waals surface area (Å²) >= 11 is 0. The Bertz CT molecular complexity index is 748. The number of carbonyl (C=O) groups is 1. The Morgan fingerprint density at radius 1 is 1.19 bits per heavy atom. The highest BCUT2D eigenvalue weighted by atomic mass is 16.1.